The Balaban J connectivity index is 2.00. The fourth-order valence-corrected chi connectivity index (χ4v) is 4.65. The van der Waals surface area contributed by atoms with Gasteiger partial charge < -0.3 is 9.47 Å². The molecule has 4 atom stereocenters. The summed E-state index contributed by atoms with van der Waals surface area (Å²) in [5.41, 5.74) is 0.453. The summed E-state index contributed by atoms with van der Waals surface area (Å²) in [5.74, 6) is -0.444. The minimum absolute atomic E-state index is 0.165. The van der Waals surface area contributed by atoms with Crippen LogP contribution in [-0.2, 0) is 25.1 Å². The maximum absolute atomic E-state index is 13.3. The van der Waals surface area contributed by atoms with Gasteiger partial charge in [0.2, 0.25) is 0 Å². The molecule has 1 fully saturated rings. The van der Waals surface area contributed by atoms with Crippen molar-refractivity contribution in [2.45, 2.75) is 61.6 Å². The molecule has 0 aliphatic carbocycles. The molecule has 0 saturated carbocycles. The number of ether oxygens (including phenoxy) is 2. The van der Waals surface area contributed by atoms with E-state index in [1.54, 1.807) is 0 Å². The molecule has 23 heavy (non-hydrogen) atoms. The van der Waals surface area contributed by atoms with Gasteiger partial charge in [-0.15, -0.1) is 0 Å². The third-order valence-electron chi connectivity index (χ3n) is 4.10. The molecule has 0 spiro atoms. The summed E-state index contributed by atoms with van der Waals surface area (Å²) >= 11 is 0. The van der Waals surface area contributed by atoms with E-state index in [4.69, 9.17) is 9.47 Å². The SMILES string of the molecule is Cc1ccc([S@@](=O)[C@]2(C(=O)OC(C)(C)C)C[C@H]3C=C[C@@H]2O3)cc1. The van der Waals surface area contributed by atoms with E-state index < -0.39 is 33.2 Å². The number of esters is 1. The van der Waals surface area contributed by atoms with Crippen LogP contribution >= 0.6 is 0 Å². The van der Waals surface area contributed by atoms with E-state index in [-0.39, 0.29) is 6.10 Å². The van der Waals surface area contributed by atoms with Gasteiger partial charge in [-0.05, 0) is 39.8 Å². The molecule has 1 aromatic rings. The second-order valence-electron chi connectivity index (χ2n) is 7.16. The lowest BCUT2D eigenvalue weighted by atomic mass is 9.93. The Morgan fingerprint density at radius 1 is 1.26 bits per heavy atom. The van der Waals surface area contributed by atoms with Crippen molar-refractivity contribution >= 4 is 16.8 Å². The Hall–Kier alpha value is -1.46. The maximum Gasteiger partial charge on any atom is 0.328 e. The maximum atomic E-state index is 13.3. The summed E-state index contributed by atoms with van der Waals surface area (Å²) in [5, 5.41) is 0. The van der Waals surface area contributed by atoms with E-state index in [0.717, 1.165) is 5.56 Å². The Morgan fingerprint density at radius 2 is 1.91 bits per heavy atom. The van der Waals surface area contributed by atoms with Gasteiger partial charge in [-0.1, -0.05) is 29.8 Å². The number of fused-ring (bicyclic) bond motifs is 2. The van der Waals surface area contributed by atoms with Crippen LogP contribution in [0.2, 0.25) is 0 Å². The Bertz CT molecular complexity index is 671. The topological polar surface area (TPSA) is 52.6 Å². The smallest absolute Gasteiger partial charge is 0.328 e. The van der Waals surface area contributed by atoms with Crippen molar-refractivity contribution in [2.24, 2.45) is 0 Å². The first kappa shape index (κ1) is 16.4. The molecule has 2 heterocycles. The van der Waals surface area contributed by atoms with Crippen LogP contribution in [0.3, 0.4) is 0 Å². The summed E-state index contributed by atoms with van der Waals surface area (Å²) < 4.78 is 23.5. The summed E-state index contributed by atoms with van der Waals surface area (Å²) in [6.07, 6.45) is 3.50. The summed E-state index contributed by atoms with van der Waals surface area (Å²) in [6, 6.07) is 7.43. The lowest BCUT2D eigenvalue weighted by Gasteiger charge is -2.33. The molecule has 0 radical (unpaired) electrons. The number of rotatable bonds is 3. The highest BCUT2D eigenvalue weighted by molar-refractivity contribution is 7.87. The second-order valence-corrected chi connectivity index (χ2v) is 8.89. The van der Waals surface area contributed by atoms with Gasteiger partial charge in [0.15, 0.2) is 4.75 Å². The quantitative estimate of drug-likeness (QED) is 0.630. The minimum atomic E-state index is -1.54. The molecular formula is C18H22O4S. The Morgan fingerprint density at radius 3 is 2.39 bits per heavy atom. The van der Waals surface area contributed by atoms with Crippen LogP contribution in [-0.4, -0.2) is 32.7 Å². The lowest BCUT2D eigenvalue weighted by molar-refractivity contribution is -0.158. The second kappa shape index (κ2) is 5.56. The van der Waals surface area contributed by atoms with E-state index >= 15 is 0 Å². The van der Waals surface area contributed by atoms with Crippen LogP contribution in [0.5, 0.6) is 0 Å². The number of carbonyl (C=O) groups excluding carboxylic acids is 1. The number of benzene rings is 1. The summed E-state index contributed by atoms with van der Waals surface area (Å²) in [6.45, 7) is 7.42. The van der Waals surface area contributed by atoms with Crippen molar-refractivity contribution in [3.63, 3.8) is 0 Å². The summed E-state index contributed by atoms with van der Waals surface area (Å²) in [7, 11) is -1.54. The van der Waals surface area contributed by atoms with Crippen LogP contribution in [0, 0.1) is 6.92 Å². The molecule has 0 N–H and O–H groups in total. The highest BCUT2D eigenvalue weighted by Gasteiger charge is 2.61. The highest BCUT2D eigenvalue weighted by Crippen LogP contribution is 2.44. The van der Waals surface area contributed by atoms with E-state index in [0.29, 0.717) is 11.3 Å². The lowest BCUT2D eigenvalue weighted by Crippen LogP contribution is -2.52. The monoisotopic (exact) mass is 334 g/mol. The van der Waals surface area contributed by atoms with Crippen molar-refractivity contribution in [2.75, 3.05) is 0 Å². The first-order valence-electron chi connectivity index (χ1n) is 7.78. The first-order chi connectivity index (χ1) is 10.7. The molecule has 2 bridgehead atoms. The predicted molar refractivity (Wildman–Crippen MR) is 88.6 cm³/mol. The van der Waals surface area contributed by atoms with Gasteiger partial charge in [0.05, 0.1) is 16.9 Å². The molecule has 4 nitrogen and oxygen atoms in total. The number of carbonyl (C=O) groups is 1. The third kappa shape index (κ3) is 2.88. The minimum Gasteiger partial charge on any atom is -0.459 e. The van der Waals surface area contributed by atoms with Crippen LogP contribution in [0.1, 0.15) is 32.8 Å². The van der Waals surface area contributed by atoms with Gasteiger partial charge in [-0.3, -0.25) is 9.00 Å². The molecule has 1 saturated heterocycles. The standard InChI is InChI=1S/C18H22O4S/c1-12-5-8-14(9-6-12)23(20)18(16(19)22-17(2,3)4)11-13-7-10-15(18)21-13/h5-10,13,15H,11H2,1-4H3/t13-,15+,18-,23-/m1/s1. The van der Waals surface area contributed by atoms with Crippen LogP contribution in [0.25, 0.3) is 0 Å². The van der Waals surface area contributed by atoms with Crippen molar-refractivity contribution in [1.82, 2.24) is 0 Å². The fourth-order valence-electron chi connectivity index (χ4n) is 2.99. The van der Waals surface area contributed by atoms with E-state index in [2.05, 4.69) is 0 Å². The highest BCUT2D eigenvalue weighted by atomic mass is 32.2. The molecule has 0 amide bonds. The molecule has 2 aliphatic heterocycles. The van der Waals surface area contributed by atoms with Gasteiger partial charge in [0, 0.05) is 11.3 Å². The zero-order valence-electron chi connectivity index (χ0n) is 13.9. The van der Waals surface area contributed by atoms with Gasteiger partial charge >= 0.3 is 5.97 Å². The van der Waals surface area contributed by atoms with Crippen LogP contribution in [0.15, 0.2) is 41.3 Å². The molecule has 3 rings (SSSR count). The molecule has 124 valence electrons. The molecule has 2 aliphatic rings. The predicted octanol–water partition coefficient (Wildman–Crippen LogP) is 2.91. The van der Waals surface area contributed by atoms with Gasteiger partial charge in [-0.2, -0.15) is 0 Å². The van der Waals surface area contributed by atoms with Gasteiger partial charge in [-0.25, -0.2) is 0 Å². The van der Waals surface area contributed by atoms with Crippen molar-refractivity contribution in [1.29, 1.82) is 0 Å². The average molecular weight is 334 g/mol. The Kier molecular flexibility index (Phi) is 3.97. The zero-order chi connectivity index (χ0) is 16.8. The fraction of sp³-hybridized carbons (Fsp3) is 0.500. The molecule has 5 heteroatoms. The van der Waals surface area contributed by atoms with Crippen molar-refractivity contribution in [3.8, 4) is 0 Å². The number of hydrogen-bond acceptors (Lipinski definition) is 4. The van der Waals surface area contributed by atoms with Gasteiger partial charge in [0.1, 0.15) is 11.7 Å². The number of hydrogen-bond donors (Lipinski definition) is 0. The summed E-state index contributed by atoms with van der Waals surface area (Å²) in [4.78, 5) is 13.6. The molecular weight excluding hydrogens is 312 g/mol. The first-order valence-corrected chi connectivity index (χ1v) is 8.93. The number of aryl methyl sites for hydroxylation is 1. The van der Waals surface area contributed by atoms with E-state index in [9.17, 15) is 9.00 Å². The van der Waals surface area contributed by atoms with E-state index in [1.807, 2.05) is 64.1 Å². The third-order valence-corrected chi connectivity index (χ3v) is 6.02. The van der Waals surface area contributed by atoms with Crippen molar-refractivity contribution < 1.29 is 18.5 Å². The van der Waals surface area contributed by atoms with Crippen LogP contribution in [0.4, 0.5) is 0 Å². The van der Waals surface area contributed by atoms with E-state index in [1.165, 1.54) is 0 Å². The van der Waals surface area contributed by atoms with Crippen molar-refractivity contribution in [3.05, 3.63) is 42.0 Å². The molecule has 0 aromatic heterocycles. The normalized spacial score (nSPS) is 30.4. The van der Waals surface area contributed by atoms with Crippen LogP contribution < -0.4 is 0 Å². The molecule has 1 aromatic carbocycles. The molecule has 0 unspecified atom stereocenters. The zero-order valence-corrected chi connectivity index (χ0v) is 14.7. The van der Waals surface area contributed by atoms with Gasteiger partial charge in [0.25, 0.3) is 0 Å². The Labute approximate surface area is 139 Å². The largest absolute Gasteiger partial charge is 0.459 e. The average Bonchev–Trinajstić information content (AvgIpc) is 3.06.